The van der Waals surface area contributed by atoms with E-state index in [1.165, 1.54) is 0 Å². The SMILES string of the molecule is COc1ccc(C)cc1NC(=O)C1CC1C(=O)NCc1ccccc1Cl. The van der Waals surface area contributed by atoms with E-state index >= 15 is 0 Å². The Hall–Kier alpha value is -2.53. The Morgan fingerprint density at radius 1 is 1.15 bits per heavy atom. The zero-order valence-corrected chi connectivity index (χ0v) is 15.5. The van der Waals surface area contributed by atoms with Crippen LogP contribution < -0.4 is 15.4 Å². The maximum Gasteiger partial charge on any atom is 0.228 e. The van der Waals surface area contributed by atoms with Crippen molar-refractivity contribution in [2.75, 3.05) is 12.4 Å². The van der Waals surface area contributed by atoms with Gasteiger partial charge in [-0.25, -0.2) is 0 Å². The molecule has 0 radical (unpaired) electrons. The number of rotatable bonds is 6. The molecule has 0 bridgehead atoms. The molecule has 5 nitrogen and oxygen atoms in total. The summed E-state index contributed by atoms with van der Waals surface area (Å²) in [6.07, 6.45) is 0.550. The van der Waals surface area contributed by atoms with Crippen LogP contribution in [0.4, 0.5) is 5.69 Å². The lowest BCUT2D eigenvalue weighted by Crippen LogP contribution is -2.27. The third-order valence-electron chi connectivity index (χ3n) is 4.49. The molecule has 0 aromatic heterocycles. The number of nitrogens with one attached hydrogen (secondary N) is 2. The van der Waals surface area contributed by atoms with Crippen LogP contribution in [0.15, 0.2) is 42.5 Å². The first-order valence-electron chi connectivity index (χ1n) is 8.46. The van der Waals surface area contributed by atoms with E-state index in [-0.39, 0.29) is 23.7 Å². The minimum Gasteiger partial charge on any atom is -0.495 e. The van der Waals surface area contributed by atoms with Gasteiger partial charge in [-0.05, 0) is 42.7 Å². The summed E-state index contributed by atoms with van der Waals surface area (Å²) in [6, 6.07) is 12.9. The van der Waals surface area contributed by atoms with Gasteiger partial charge in [0.15, 0.2) is 0 Å². The summed E-state index contributed by atoms with van der Waals surface area (Å²) in [6.45, 7) is 2.30. The number of carbonyl (C=O) groups is 2. The molecule has 1 fully saturated rings. The highest BCUT2D eigenvalue weighted by Gasteiger charge is 2.48. The number of amides is 2. The second-order valence-corrected chi connectivity index (χ2v) is 6.86. The molecule has 1 saturated carbocycles. The van der Waals surface area contributed by atoms with Gasteiger partial charge in [-0.1, -0.05) is 35.9 Å². The predicted molar refractivity (Wildman–Crippen MR) is 101 cm³/mol. The summed E-state index contributed by atoms with van der Waals surface area (Å²) in [5, 5.41) is 6.34. The number of benzene rings is 2. The lowest BCUT2D eigenvalue weighted by molar-refractivity contribution is -0.125. The smallest absolute Gasteiger partial charge is 0.228 e. The quantitative estimate of drug-likeness (QED) is 0.814. The number of methoxy groups -OCH3 is 1. The van der Waals surface area contributed by atoms with E-state index in [9.17, 15) is 9.59 Å². The fourth-order valence-corrected chi connectivity index (χ4v) is 3.08. The zero-order valence-electron chi connectivity index (χ0n) is 14.7. The van der Waals surface area contributed by atoms with Crippen molar-refractivity contribution < 1.29 is 14.3 Å². The van der Waals surface area contributed by atoms with Gasteiger partial charge >= 0.3 is 0 Å². The van der Waals surface area contributed by atoms with Gasteiger partial charge in [0.05, 0.1) is 24.6 Å². The van der Waals surface area contributed by atoms with Crippen molar-refractivity contribution in [1.82, 2.24) is 5.32 Å². The molecule has 1 aliphatic carbocycles. The van der Waals surface area contributed by atoms with Gasteiger partial charge in [-0.3, -0.25) is 9.59 Å². The standard InChI is InChI=1S/C20H21ClN2O3/c1-12-7-8-18(26-2)17(9-12)23-20(25)15-10-14(15)19(24)22-11-13-5-3-4-6-16(13)21/h3-9,14-15H,10-11H2,1-2H3,(H,22,24)(H,23,25). The normalized spacial score (nSPS) is 18.1. The summed E-state index contributed by atoms with van der Waals surface area (Å²) < 4.78 is 5.27. The topological polar surface area (TPSA) is 67.4 Å². The molecule has 0 heterocycles. The fourth-order valence-electron chi connectivity index (χ4n) is 2.87. The second kappa shape index (κ2) is 7.79. The maximum atomic E-state index is 12.4. The number of anilines is 1. The number of halogens is 1. The van der Waals surface area contributed by atoms with E-state index in [4.69, 9.17) is 16.3 Å². The van der Waals surface area contributed by atoms with Crippen LogP contribution in [0.25, 0.3) is 0 Å². The molecule has 6 heteroatoms. The van der Waals surface area contributed by atoms with Crippen molar-refractivity contribution in [2.45, 2.75) is 19.9 Å². The summed E-state index contributed by atoms with van der Waals surface area (Å²) in [5.74, 6) is -0.294. The zero-order chi connectivity index (χ0) is 18.7. The molecule has 2 amide bonds. The van der Waals surface area contributed by atoms with E-state index in [0.29, 0.717) is 29.4 Å². The van der Waals surface area contributed by atoms with Crippen molar-refractivity contribution in [3.63, 3.8) is 0 Å². The molecule has 0 aliphatic heterocycles. The highest BCUT2D eigenvalue weighted by atomic mass is 35.5. The highest BCUT2D eigenvalue weighted by Crippen LogP contribution is 2.40. The molecular weight excluding hydrogens is 352 g/mol. The fraction of sp³-hybridized carbons (Fsp3) is 0.300. The van der Waals surface area contributed by atoms with Gasteiger partial charge in [0.2, 0.25) is 11.8 Å². The average molecular weight is 373 g/mol. The lowest BCUT2D eigenvalue weighted by Gasteiger charge is -2.11. The number of ether oxygens (including phenoxy) is 1. The Morgan fingerprint density at radius 3 is 2.62 bits per heavy atom. The van der Waals surface area contributed by atoms with Gasteiger partial charge in [0.25, 0.3) is 0 Å². The maximum absolute atomic E-state index is 12.4. The summed E-state index contributed by atoms with van der Waals surface area (Å²) in [4.78, 5) is 24.7. The third-order valence-corrected chi connectivity index (χ3v) is 4.86. The van der Waals surface area contributed by atoms with E-state index in [0.717, 1.165) is 11.1 Å². The number of hydrogen-bond donors (Lipinski definition) is 2. The van der Waals surface area contributed by atoms with E-state index in [1.54, 1.807) is 13.2 Å². The summed E-state index contributed by atoms with van der Waals surface area (Å²) >= 11 is 6.09. The molecule has 3 rings (SSSR count). The molecule has 2 unspecified atom stereocenters. The van der Waals surface area contributed by atoms with E-state index < -0.39 is 0 Å². The second-order valence-electron chi connectivity index (χ2n) is 6.45. The van der Waals surface area contributed by atoms with Crippen LogP contribution >= 0.6 is 11.6 Å². The molecule has 26 heavy (non-hydrogen) atoms. The number of hydrogen-bond acceptors (Lipinski definition) is 3. The third kappa shape index (κ3) is 4.17. The Morgan fingerprint density at radius 2 is 1.88 bits per heavy atom. The molecule has 2 N–H and O–H groups in total. The summed E-state index contributed by atoms with van der Waals surface area (Å²) in [7, 11) is 1.56. The van der Waals surface area contributed by atoms with Crippen LogP contribution in [-0.2, 0) is 16.1 Å². The van der Waals surface area contributed by atoms with Gasteiger partial charge in [0.1, 0.15) is 5.75 Å². The van der Waals surface area contributed by atoms with Crippen LogP contribution in [0.1, 0.15) is 17.5 Å². The number of aryl methyl sites for hydroxylation is 1. The minimum absolute atomic E-state index is 0.124. The molecule has 1 aliphatic rings. The van der Waals surface area contributed by atoms with Crippen LogP contribution in [-0.4, -0.2) is 18.9 Å². The largest absolute Gasteiger partial charge is 0.495 e. The average Bonchev–Trinajstić information content (AvgIpc) is 3.42. The van der Waals surface area contributed by atoms with Crippen molar-refractivity contribution >= 4 is 29.1 Å². The lowest BCUT2D eigenvalue weighted by atomic mass is 10.2. The highest BCUT2D eigenvalue weighted by molar-refractivity contribution is 6.31. The minimum atomic E-state index is -0.313. The Kier molecular flexibility index (Phi) is 5.47. The molecule has 2 aromatic carbocycles. The predicted octanol–water partition coefficient (Wildman–Crippen LogP) is 3.55. The van der Waals surface area contributed by atoms with Crippen LogP contribution in [0.2, 0.25) is 5.02 Å². The Labute approximate surface area is 157 Å². The van der Waals surface area contributed by atoms with Crippen molar-refractivity contribution in [1.29, 1.82) is 0 Å². The van der Waals surface area contributed by atoms with Crippen LogP contribution in [0, 0.1) is 18.8 Å². The molecule has 136 valence electrons. The Bertz CT molecular complexity index is 838. The monoisotopic (exact) mass is 372 g/mol. The molecule has 0 spiro atoms. The van der Waals surface area contributed by atoms with Gasteiger partial charge in [-0.15, -0.1) is 0 Å². The van der Waals surface area contributed by atoms with Gasteiger partial charge < -0.3 is 15.4 Å². The van der Waals surface area contributed by atoms with Crippen LogP contribution in [0.3, 0.4) is 0 Å². The van der Waals surface area contributed by atoms with E-state index in [2.05, 4.69) is 10.6 Å². The van der Waals surface area contributed by atoms with Crippen molar-refractivity contribution in [3.8, 4) is 5.75 Å². The molecule has 2 aromatic rings. The van der Waals surface area contributed by atoms with Crippen molar-refractivity contribution in [3.05, 3.63) is 58.6 Å². The summed E-state index contributed by atoms with van der Waals surface area (Å²) in [5.41, 5.74) is 2.50. The Balaban J connectivity index is 1.55. The van der Waals surface area contributed by atoms with Gasteiger partial charge in [-0.2, -0.15) is 0 Å². The first-order valence-corrected chi connectivity index (χ1v) is 8.84. The van der Waals surface area contributed by atoms with Crippen LogP contribution in [0.5, 0.6) is 5.75 Å². The van der Waals surface area contributed by atoms with Crippen molar-refractivity contribution in [2.24, 2.45) is 11.8 Å². The molecule has 2 atom stereocenters. The first-order chi connectivity index (χ1) is 12.5. The molecular formula is C20H21ClN2O3. The van der Waals surface area contributed by atoms with E-state index in [1.807, 2.05) is 43.3 Å². The number of carbonyl (C=O) groups excluding carboxylic acids is 2. The first kappa shape index (κ1) is 18.3. The van der Waals surface area contributed by atoms with Gasteiger partial charge in [0, 0.05) is 11.6 Å². The molecule has 0 saturated heterocycles.